The summed E-state index contributed by atoms with van der Waals surface area (Å²) in [7, 11) is 1.74. The summed E-state index contributed by atoms with van der Waals surface area (Å²) in [6.45, 7) is 7.88. The number of rotatable bonds is 6. The average Bonchev–Trinajstić information content (AvgIpc) is 2.86. The monoisotopic (exact) mass is 275 g/mol. The van der Waals surface area contributed by atoms with Gasteiger partial charge in [-0.3, -0.25) is 0 Å². The molecule has 3 unspecified atom stereocenters. The van der Waals surface area contributed by atoms with Gasteiger partial charge in [0.1, 0.15) is 5.75 Å². The Labute approximate surface area is 123 Å². The summed E-state index contributed by atoms with van der Waals surface area (Å²) in [6, 6.07) is 7.16. The van der Waals surface area contributed by atoms with Gasteiger partial charge in [0.15, 0.2) is 0 Å². The fourth-order valence-electron chi connectivity index (χ4n) is 3.58. The number of ether oxygens (including phenoxy) is 1. The highest BCUT2D eigenvalue weighted by molar-refractivity contribution is 5.37. The summed E-state index contributed by atoms with van der Waals surface area (Å²) in [5, 5.41) is 3.78. The molecule has 1 aromatic carbocycles. The first kappa shape index (κ1) is 15.4. The summed E-state index contributed by atoms with van der Waals surface area (Å²) in [6.07, 6.45) is 5.30. The second-order valence-corrected chi connectivity index (χ2v) is 6.23. The van der Waals surface area contributed by atoms with E-state index in [4.69, 9.17) is 4.74 Å². The van der Waals surface area contributed by atoms with Crippen molar-refractivity contribution in [3.63, 3.8) is 0 Å². The van der Waals surface area contributed by atoms with Crippen molar-refractivity contribution in [3.05, 3.63) is 29.3 Å². The van der Waals surface area contributed by atoms with Crippen molar-refractivity contribution in [3.8, 4) is 5.75 Å². The molecule has 2 heteroatoms. The smallest absolute Gasteiger partial charge is 0.121 e. The summed E-state index contributed by atoms with van der Waals surface area (Å²) < 4.78 is 5.39. The third-order valence-corrected chi connectivity index (χ3v) is 4.75. The van der Waals surface area contributed by atoms with E-state index < -0.39 is 0 Å². The SMILES string of the molecule is CCCNC(c1ccc(OC)c(C)c1)C1CCCC1C. The van der Waals surface area contributed by atoms with Crippen LogP contribution in [0.25, 0.3) is 0 Å². The van der Waals surface area contributed by atoms with Crippen LogP contribution < -0.4 is 10.1 Å². The van der Waals surface area contributed by atoms with Gasteiger partial charge in [0.25, 0.3) is 0 Å². The number of aryl methyl sites for hydroxylation is 1. The summed E-state index contributed by atoms with van der Waals surface area (Å²) in [4.78, 5) is 0. The summed E-state index contributed by atoms with van der Waals surface area (Å²) >= 11 is 0. The van der Waals surface area contributed by atoms with E-state index in [-0.39, 0.29) is 0 Å². The Morgan fingerprint density at radius 3 is 2.70 bits per heavy atom. The van der Waals surface area contributed by atoms with E-state index in [0.717, 1.165) is 24.1 Å². The second kappa shape index (κ2) is 7.12. The van der Waals surface area contributed by atoms with Crippen LogP contribution in [0, 0.1) is 18.8 Å². The molecule has 0 aromatic heterocycles. The Kier molecular flexibility index (Phi) is 5.47. The van der Waals surface area contributed by atoms with Gasteiger partial charge in [-0.15, -0.1) is 0 Å². The van der Waals surface area contributed by atoms with Gasteiger partial charge in [0.05, 0.1) is 7.11 Å². The van der Waals surface area contributed by atoms with Gasteiger partial charge in [0, 0.05) is 6.04 Å². The van der Waals surface area contributed by atoms with Crippen LogP contribution >= 0.6 is 0 Å². The lowest BCUT2D eigenvalue weighted by molar-refractivity contribution is 0.301. The van der Waals surface area contributed by atoms with E-state index in [0.29, 0.717) is 6.04 Å². The van der Waals surface area contributed by atoms with Crippen molar-refractivity contribution in [2.45, 2.75) is 52.5 Å². The molecule has 1 aliphatic carbocycles. The van der Waals surface area contributed by atoms with Crippen molar-refractivity contribution in [1.29, 1.82) is 0 Å². The number of hydrogen-bond acceptors (Lipinski definition) is 2. The summed E-state index contributed by atoms with van der Waals surface area (Å²) in [5.74, 6) is 2.59. The molecule has 2 nitrogen and oxygen atoms in total. The lowest BCUT2D eigenvalue weighted by Crippen LogP contribution is -2.30. The van der Waals surface area contributed by atoms with Gasteiger partial charge in [-0.2, -0.15) is 0 Å². The molecule has 0 radical (unpaired) electrons. The topological polar surface area (TPSA) is 21.3 Å². The number of hydrogen-bond donors (Lipinski definition) is 1. The van der Waals surface area contributed by atoms with E-state index in [1.165, 1.54) is 36.8 Å². The number of nitrogens with one attached hydrogen (secondary N) is 1. The Morgan fingerprint density at radius 2 is 2.15 bits per heavy atom. The quantitative estimate of drug-likeness (QED) is 0.826. The molecule has 1 aliphatic rings. The first-order valence-electron chi connectivity index (χ1n) is 8.05. The van der Waals surface area contributed by atoms with Crippen LogP contribution in [-0.4, -0.2) is 13.7 Å². The third-order valence-electron chi connectivity index (χ3n) is 4.75. The van der Waals surface area contributed by atoms with Gasteiger partial charge in [-0.05, 0) is 55.3 Å². The average molecular weight is 275 g/mol. The number of methoxy groups -OCH3 is 1. The predicted molar refractivity (Wildman–Crippen MR) is 85.3 cm³/mol. The molecule has 0 aliphatic heterocycles. The molecule has 0 amide bonds. The van der Waals surface area contributed by atoms with E-state index in [9.17, 15) is 0 Å². The molecule has 2 rings (SSSR count). The first-order chi connectivity index (χ1) is 9.67. The zero-order valence-electron chi connectivity index (χ0n) is 13.4. The van der Waals surface area contributed by atoms with Crippen molar-refractivity contribution in [1.82, 2.24) is 5.32 Å². The zero-order chi connectivity index (χ0) is 14.5. The first-order valence-corrected chi connectivity index (χ1v) is 8.05. The largest absolute Gasteiger partial charge is 0.496 e. The van der Waals surface area contributed by atoms with E-state index >= 15 is 0 Å². The van der Waals surface area contributed by atoms with Crippen LogP contribution in [0.4, 0.5) is 0 Å². The third kappa shape index (κ3) is 3.35. The predicted octanol–water partition coefficient (Wildman–Crippen LogP) is 4.48. The molecule has 1 fully saturated rings. The maximum Gasteiger partial charge on any atom is 0.121 e. The van der Waals surface area contributed by atoms with Crippen LogP contribution in [0.15, 0.2) is 18.2 Å². The van der Waals surface area contributed by atoms with E-state index in [1.807, 2.05) is 0 Å². The number of benzene rings is 1. The second-order valence-electron chi connectivity index (χ2n) is 6.23. The van der Waals surface area contributed by atoms with E-state index in [1.54, 1.807) is 7.11 Å². The zero-order valence-corrected chi connectivity index (χ0v) is 13.4. The maximum absolute atomic E-state index is 5.39. The van der Waals surface area contributed by atoms with Gasteiger partial charge in [-0.25, -0.2) is 0 Å². The van der Waals surface area contributed by atoms with Gasteiger partial charge in [0.2, 0.25) is 0 Å². The minimum absolute atomic E-state index is 0.497. The molecular formula is C18H29NO. The molecule has 1 N–H and O–H groups in total. The summed E-state index contributed by atoms with van der Waals surface area (Å²) in [5.41, 5.74) is 2.66. The Balaban J connectivity index is 2.23. The highest BCUT2D eigenvalue weighted by Crippen LogP contribution is 2.40. The molecule has 0 heterocycles. The fourth-order valence-corrected chi connectivity index (χ4v) is 3.58. The Hall–Kier alpha value is -1.02. The molecule has 3 atom stereocenters. The molecular weight excluding hydrogens is 246 g/mol. The lowest BCUT2D eigenvalue weighted by Gasteiger charge is -2.29. The van der Waals surface area contributed by atoms with Crippen molar-refractivity contribution in [2.75, 3.05) is 13.7 Å². The van der Waals surface area contributed by atoms with Crippen LogP contribution in [0.3, 0.4) is 0 Å². The van der Waals surface area contributed by atoms with Crippen LogP contribution in [0.2, 0.25) is 0 Å². The van der Waals surface area contributed by atoms with Crippen LogP contribution in [0.5, 0.6) is 5.75 Å². The van der Waals surface area contributed by atoms with Gasteiger partial charge < -0.3 is 10.1 Å². The minimum Gasteiger partial charge on any atom is -0.496 e. The molecule has 0 spiro atoms. The Morgan fingerprint density at radius 1 is 1.35 bits per heavy atom. The Bertz CT molecular complexity index is 429. The fraction of sp³-hybridized carbons (Fsp3) is 0.667. The molecule has 1 aromatic rings. The van der Waals surface area contributed by atoms with Crippen molar-refractivity contribution in [2.24, 2.45) is 11.8 Å². The minimum atomic E-state index is 0.497. The lowest BCUT2D eigenvalue weighted by atomic mass is 9.85. The molecule has 112 valence electrons. The highest BCUT2D eigenvalue weighted by Gasteiger charge is 2.31. The van der Waals surface area contributed by atoms with Crippen LogP contribution in [-0.2, 0) is 0 Å². The van der Waals surface area contributed by atoms with E-state index in [2.05, 4.69) is 44.3 Å². The van der Waals surface area contributed by atoms with Gasteiger partial charge in [-0.1, -0.05) is 38.8 Å². The normalized spacial score (nSPS) is 23.8. The molecule has 20 heavy (non-hydrogen) atoms. The van der Waals surface area contributed by atoms with Crippen molar-refractivity contribution >= 4 is 0 Å². The molecule has 0 saturated heterocycles. The van der Waals surface area contributed by atoms with Crippen LogP contribution in [0.1, 0.15) is 56.7 Å². The van der Waals surface area contributed by atoms with Gasteiger partial charge >= 0.3 is 0 Å². The molecule has 0 bridgehead atoms. The maximum atomic E-state index is 5.39. The highest BCUT2D eigenvalue weighted by atomic mass is 16.5. The molecule has 1 saturated carbocycles. The van der Waals surface area contributed by atoms with Crippen molar-refractivity contribution < 1.29 is 4.74 Å². The standard InChI is InChI=1S/C18H29NO/c1-5-11-19-18(16-8-6-7-13(16)2)15-9-10-17(20-4)14(3)12-15/h9-10,12-13,16,18-19H,5-8,11H2,1-4H3.